The molecule has 2 aliphatic rings. The van der Waals surface area contributed by atoms with E-state index in [1.165, 1.54) is 51.9 Å². The van der Waals surface area contributed by atoms with E-state index in [4.69, 9.17) is 0 Å². The Morgan fingerprint density at radius 2 is 2.20 bits per heavy atom. The average molecular weight is 210 g/mol. The van der Waals surface area contributed by atoms with Gasteiger partial charge in [0.2, 0.25) is 0 Å². The molecule has 0 aromatic rings. The fraction of sp³-hybridized carbons (Fsp3) is 1.00. The van der Waals surface area contributed by atoms with Gasteiger partial charge >= 0.3 is 0 Å². The Balaban J connectivity index is 1.49. The third-order valence-corrected chi connectivity index (χ3v) is 4.14. The van der Waals surface area contributed by atoms with Gasteiger partial charge in [0.25, 0.3) is 0 Å². The van der Waals surface area contributed by atoms with Crippen molar-refractivity contribution in [3.05, 3.63) is 0 Å². The van der Waals surface area contributed by atoms with Gasteiger partial charge in [-0.1, -0.05) is 6.92 Å². The zero-order valence-electron chi connectivity index (χ0n) is 10.3. The highest BCUT2D eigenvalue weighted by Crippen LogP contribution is 2.37. The maximum Gasteiger partial charge on any atom is 0.000926 e. The van der Waals surface area contributed by atoms with Crippen molar-refractivity contribution in [2.24, 2.45) is 17.8 Å². The van der Waals surface area contributed by atoms with Crippen LogP contribution in [0.2, 0.25) is 0 Å². The molecule has 88 valence electrons. The fourth-order valence-electron chi connectivity index (χ4n) is 2.76. The normalized spacial score (nSPS) is 35.0. The van der Waals surface area contributed by atoms with Crippen LogP contribution in [0.3, 0.4) is 0 Å². The minimum atomic E-state index is 0.971. The van der Waals surface area contributed by atoms with E-state index in [-0.39, 0.29) is 0 Å². The first-order valence-corrected chi connectivity index (χ1v) is 6.65. The molecule has 0 amide bonds. The molecule has 0 bridgehead atoms. The molecule has 1 saturated carbocycles. The maximum absolute atomic E-state index is 3.44. The van der Waals surface area contributed by atoms with Gasteiger partial charge in [-0.05, 0) is 70.1 Å². The molecule has 1 N–H and O–H groups in total. The van der Waals surface area contributed by atoms with Crippen LogP contribution >= 0.6 is 0 Å². The number of hydrogen-bond donors (Lipinski definition) is 1. The van der Waals surface area contributed by atoms with Crippen molar-refractivity contribution < 1.29 is 0 Å². The predicted octanol–water partition coefficient (Wildman–Crippen LogP) is 1.96. The molecule has 0 aromatic carbocycles. The lowest BCUT2D eigenvalue weighted by molar-refractivity contribution is 0.299. The van der Waals surface area contributed by atoms with E-state index in [1.807, 2.05) is 0 Å². The van der Waals surface area contributed by atoms with E-state index < -0.39 is 0 Å². The minimum absolute atomic E-state index is 0.971. The van der Waals surface area contributed by atoms with Gasteiger partial charge in [0.1, 0.15) is 0 Å². The van der Waals surface area contributed by atoms with Crippen LogP contribution in [-0.4, -0.2) is 38.1 Å². The molecular formula is C13H26N2. The van der Waals surface area contributed by atoms with E-state index in [9.17, 15) is 0 Å². The topological polar surface area (TPSA) is 15.3 Å². The van der Waals surface area contributed by atoms with Crippen LogP contribution in [0.5, 0.6) is 0 Å². The van der Waals surface area contributed by atoms with Gasteiger partial charge in [-0.3, -0.25) is 0 Å². The number of rotatable bonds is 6. The van der Waals surface area contributed by atoms with Crippen LogP contribution in [0.4, 0.5) is 0 Å². The molecule has 1 heterocycles. The molecule has 1 aliphatic carbocycles. The highest BCUT2D eigenvalue weighted by atomic mass is 15.1. The third-order valence-electron chi connectivity index (χ3n) is 4.14. The second-order valence-electron chi connectivity index (χ2n) is 5.74. The van der Waals surface area contributed by atoms with E-state index in [2.05, 4.69) is 24.2 Å². The van der Waals surface area contributed by atoms with Gasteiger partial charge < -0.3 is 10.2 Å². The number of nitrogens with zero attached hydrogens (tertiary/aromatic N) is 1. The van der Waals surface area contributed by atoms with Crippen molar-refractivity contribution in [1.29, 1.82) is 0 Å². The molecular weight excluding hydrogens is 184 g/mol. The fourth-order valence-corrected chi connectivity index (χ4v) is 2.76. The van der Waals surface area contributed by atoms with Crippen LogP contribution in [0.15, 0.2) is 0 Å². The smallest absolute Gasteiger partial charge is 0.000926 e. The van der Waals surface area contributed by atoms with Crippen molar-refractivity contribution in [2.45, 2.75) is 32.6 Å². The van der Waals surface area contributed by atoms with Gasteiger partial charge in [-0.2, -0.15) is 0 Å². The molecule has 0 radical (unpaired) electrons. The van der Waals surface area contributed by atoms with Crippen LogP contribution in [0.25, 0.3) is 0 Å². The monoisotopic (exact) mass is 210 g/mol. The van der Waals surface area contributed by atoms with E-state index in [0.29, 0.717) is 0 Å². The second kappa shape index (κ2) is 5.31. The minimum Gasteiger partial charge on any atom is -0.316 e. The van der Waals surface area contributed by atoms with Crippen molar-refractivity contribution in [1.82, 2.24) is 10.2 Å². The first-order valence-electron chi connectivity index (χ1n) is 6.65. The zero-order valence-corrected chi connectivity index (χ0v) is 10.3. The van der Waals surface area contributed by atoms with Crippen LogP contribution in [-0.2, 0) is 0 Å². The summed E-state index contributed by atoms with van der Waals surface area (Å²) in [6.07, 6.45) is 5.70. The molecule has 3 atom stereocenters. The lowest BCUT2D eigenvalue weighted by Crippen LogP contribution is -2.23. The molecule has 2 heteroatoms. The lowest BCUT2D eigenvalue weighted by Gasteiger charge is -2.17. The van der Waals surface area contributed by atoms with Gasteiger partial charge in [-0.15, -0.1) is 0 Å². The van der Waals surface area contributed by atoms with Crippen molar-refractivity contribution in [3.63, 3.8) is 0 Å². The summed E-state index contributed by atoms with van der Waals surface area (Å²) in [6, 6.07) is 0. The van der Waals surface area contributed by atoms with Gasteiger partial charge in [-0.25, -0.2) is 0 Å². The summed E-state index contributed by atoms with van der Waals surface area (Å²) in [4.78, 5) is 2.54. The zero-order chi connectivity index (χ0) is 10.7. The summed E-state index contributed by atoms with van der Waals surface area (Å²) >= 11 is 0. The highest BCUT2D eigenvalue weighted by molar-refractivity contribution is 4.84. The standard InChI is InChI=1S/C13H26N2/c1-11-8-13(11)10-15(2)7-3-4-12-5-6-14-9-12/h11-14H,3-10H2,1-2H3. The van der Waals surface area contributed by atoms with E-state index in [1.54, 1.807) is 0 Å². The van der Waals surface area contributed by atoms with Crippen LogP contribution < -0.4 is 5.32 Å². The molecule has 1 saturated heterocycles. The van der Waals surface area contributed by atoms with Crippen LogP contribution in [0.1, 0.15) is 32.6 Å². The lowest BCUT2D eigenvalue weighted by atomic mass is 10.0. The van der Waals surface area contributed by atoms with E-state index >= 15 is 0 Å². The van der Waals surface area contributed by atoms with Gasteiger partial charge in [0.05, 0.1) is 0 Å². The van der Waals surface area contributed by atoms with Crippen molar-refractivity contribution in [3.8, 4) is 0 Å². The summed E-state index contributed by atoms with van der Waals surface area (Å²) in [5.41, 5.74) is 0. The largest absolute Gasteiger partial charge is 0.316 e. The number of hydrogen-bond acceptors (Lipinski definition) is 2. The maximum atomic E-state index is 3.44. The summed E-state index contributed by atoms with van der Waals surface area (Å²) in [7, 11) is 2.29. The SMILES string of the molecule is CC1CC1CN(C)CCCC1CCNC1. The molecule has 2 nitrogen and oxygen atoms in total. The summed E-state index contributed by atoms with van der Waals surface area (Å²) in [6.45, 7) is 7.54. The van der Waals surface area contributed by atoms with Crippen molar-refractivity contribution in [2.75, 3.05) is 33.2 Å². The summed E-state index contributed by atoms with van der Waals surface area (Å²) in [5, 5.41) is 3.44. The quantitative estimate of drug-likeness (QED) is 0.721. The van der Waals surface area contributed by atoms with E-state index in [0.717, 1.165) is 17.8 Å². The molecule has 15 heavy (non-hydrogen) atoms. The molecule has 2 rings (SSSR count). The Bertz CT molecular complexity index is 187. The summed E-state index contributed by atoms with van der Waals surface area (Å²) in [5.74, 6) is 2.99. The Morgan fingerprint density at radius 1 is 1.40 bits per heavy atom. The first kappa shape index (κ1) is 11.4. The molecule has 0 spiro atoms. The highest BCUT2D eigenvalue weighted by Gasteiger charge is 2.32. The first-order chi connectivity index (χ1) is 7.25. The molecule has 1 aliphatic heterocycles. The van der Waals surface area contributed by atoms with Crippen LogP contribution in [0, 0.1) is 17.8 Å². The third kappa shape index (κ3) is 3.76. The molecule has 0 aromatic heterocycles. The Labute approximate surface area is 94.4 Å². The van der Waals surface area contributed by atoms with Gasteiger partial charge in [0, 0.05) is 6.54 Å². The number of nitrogens with one attached hydrogen (secondary N) is 1. The molecule has 2 fully saturated rings. The van der Waals surface area contributed by atoms with Crippen molar-refractivity contribution >= 4 is 0 Å². The summed E-state index contributed by atoms with van der Waals surface area (Å²) < 4.78 is 0. The van der Waals surface area contributed by atoms with Gasteiger partial charge in [0.15, 0.2) is 0 Å². The predicted molar refractivity (Wildman–Crippen MR) is 65.0 cm³/mol. The molecule has 3 unspecified atom stereocenters. The Morgan fingerprint density at radius 3 is 2.80 bits per heavy atom. The Kier molecular flexibility index (Phi) is 4.04. The Hall–Kier alpha value is -0.0800. The second-order valence-corrected chi connectivity index (χ2v) is 5.74. The average Bonchev–Trinajstić information content (AvgIpc) is 2.68.